The molecule has 0 amide bonds. The summed E-state index contributed by atoms with van der Waals surface area (Å²) in [7, 11) is 0. The minimum atomic E-state index is -0.394. The summed E-state index contributed by atoms with van der Waals surface area (Å²) in [6.07, 6.45) is 20.2. The normalized spacial score (nSPS) is 13.9. The predicted octanol–water partition coefficient (Wildman–Crippen LogP) is 9.74. The van der Waals surface area contributed by atoms with Crippen molar-refractivity contribution < 1.29 is 19.0 Å². The standard InChI is InChI=1S/C32H44BrO4/c1-2-3-4-5-6-7-8-9-10-14-23-35-31-22-17-27(24-30(31)33)32(34)37-29-20-18-28(19-21-29)36-25-26-15-12-11-13-16-26/h11,17-22,24,26H,2-10,12-16,23,25H2,1H3. The van der Waals surface area contributed by atoms with Crippen molar-refractivity contribution in [3.63, 3.8) is 0 Å². The van der Waals surface area contributed by atoms with E-state index in [0.717, 1.165) is 29.0 Å². The monoisotopic (exact) mass is 571 g/mol. The van der Waals surface area contributed by atoms with Crippen LogP contribution < -0.4 is 14.2 Å². The smallest absolute Gasteiger partial charge is 0.343 e. The van der Waals surface area contributed by atoms with E-state index in [2.05, 4.69) is 29.3 Å². The van der Waals surface area contributed by atoms with Gasteiger partial charge in [-0.05, 0) is 103 Å². The first-order valence-corrected chi connectivity index (χ1v) is 15.1. The van der Waals surface area contributed by atoms with Crippen molar-refractivity contribution in [1.29, 1.82) is 0 Å². The molecule has 3 rings (SSSR count). The molecule has 0 N–H and O–H groups in total. The lowest BCUT2D eigenvalue weighted by Crippen LogP contribution is -2.15. The second-order valence-corrected chi connectivity index (χ2v) is 11.0. The van der Waals surface area contributed by atoms with E-state index >= 15 is 0 Å². The number of ether oxygens (including phenoxy) is 3. The lowest BCUT2D eigenvalue weighted by atomic mass is 9.90. The van der Waals surface area contributed by atoms with Crippen LogP contribution in [-0.4, -0.2) is 19.2 Å². The molecule has 0 bridgehead atoms. The van der Waals surface area contributed by atoms with Crippen molar-refractivity contribution in [3.8, 4) is 17.2 Å². The maximum absolute atomic E-state index is 12.6. The van der Waals surface area contributed by atoms with E-state index in [1.54, 1.807) is 24.3 Å². The van der Waals surface area contributed by atoms with Gasteiger partial charge in [0.15, 0.2) is 0 Å². The first kappa shape index (κ1) is 29.5. The Labute approximate surface area is 232 Å². The molecule has 1 fully saturated rings. The van der Waals surface area contributed by atoms with E-state index in [-0.39, 0.29) is 0 Å². The Bertz CT molecular complexity index is 906. The van der Waals surface area contributed by atoms with Crippen molar-refractivity contribution >= 4 is 21.9 Å². The minimum absolute atomic E-state index is 0.394. The van der Waals surface area contributed by atoms with E-state index in [4.69, 9.17) is 14.2 Å². The maximum atomic E-state index is 12.6. The topological polar surface area (TPSA) is 44.8 Å². The molecule has 0 aromatic heterocycles. The molecule has 37 heavy (non-hydrogen) atoms. The van der Waals surface area contributed by atoms with E-state index in [1.165, 1.54) is 83.5 Å². The molecule has 0 spiro atoms. The van der Waals surface area contributed by atoms with Crippen LogP contribution >= 0.6 is 15.9 Å². The van der Waals surface area contributed by atoms with Gasteiger partial charge in [-0.25, -0.2) is 4.79 Å². The highest BCUT2D eigenvalue weighted by Gasteiger charge is 2.15. The molecule has 5 heteroatoms. The van der Waals surface area contributed by atoms with Crippen LogP contribution in [-0.2, 0) is 0 Å². The summed E-state index contributed by atoms with van der Waals surface area (Å²) < 4.78 is 18.2. The molecular weight excluding hydrogens is 528 g/mol. The summed E-state index contributed by atoms with van der Waals surface area (Å²) in [5.74, 6) is 2.30. The number of carbonyl (C=O) groups is 1. The Hall–Kier alpha value is -2.01. The fraction of sp³-hybridized carbons (Fsp3) is 0.562. The molecule has 2 aromatic carbocycles. The molecule has 2 aromatic rings. The van der Waals surface area contributed by atoms with Crippen LogP contribution in [0.5, 0.6) is 17.2 Å². The summed E-state index contributed by atoms with van der Waals surface area (Å²) in [6.45, 7) is 3.69. The molecule has 203 valence electrons. The largest absolute Gasteiger partial charge is 0.493 e. The van der Waals surface area contributed by atoms with E-state index in [9.17, 15) is 4.79 Å². The van der Waals surface area contributed by atoms with Gasteiger partial charge in [0.2, 0.25) is 0 Å². The third-order valence-electron chi connectivity index (χ3n) is 7.00. The first-order chi connectivity index (χ1) is 18.2. The van der Waals surface area contributed by atoms with Gasteiger partial charge in [-0.1, -0.05) is 64.7 Å². The van der Waals surface area contributed by atoms with Gasteiger partial charge in [0.25, 0.3) is 0 Å². The molecule has 0 saturated heterocycles. The third-order valence-corrected chi connectivity index (χ3v) is 7.62. The van der Waals surface area contributed by atoms with Gasteiger partial charge in [0.05, 0.1) is 23.2 Å². The summed E-state index contributed by atoms with van der Waals surface area (Å²) >= 11 is 3.54. The van der Waals surface area contributed by atoms with Gasteiger partial charge in [0, 0.05) is 0 Å². The highest BCUT2D eigenvalue weighted by Crippen LogP contribution is 2.28. The average molecular weight is 573 g/mol. The second-order valence-electron chi connectivity index (χ2n) is 10.2. The van der Waals surface area contributed by atoms with Gasteiger partial charge >= 0.3 is 5.97 Å². The number of halogens is 1. The molecular formula is C32H44BrO4. The minimum Gasteiger partial charge on any atom is -0.493 e. The summed E-state index contributed by atoms with van der Waals surface area (Å²) in [4.78, 5) is 12.6. The molecule has 1 radical (unpaired) electrons. The van der Waals surface area contributed by atoms with Crippen molar-refractivity contribution in [2.24, 2.45) is 5.92 Å². The average Bonchev–Trinajstić information content (AvgIpc) is 2.92. The van der Waals surface area contributed by atoms with Gasteiger partial charge in [-0.15, -0.1) is 0 Å². The number of benzene rings is 2. The molecule has 1 saturated carbocycles. The number of esters is 1. The molecule has 0 aliphatic heterocycles. The molecule has 0 unspecified atom stereocenters. The van der Waals surface area contributed by atoms with Crippen molar-refractivity contribution in [2.45, 2.75) is 96.8 Å². The second kappa shape index (κ2) is 17.5. The molecule has 0 heterocycles. The zero-order valence-corrected chi connectivity index (χ0v) is 24.1. The third kappa shape index (κ3) is 11.5. The van der Waals surface area contributed by atoms with Crippen LogP contribution in [0.15, 0.2) is 46.9 Å². The van der Waals surface area contributed by atoms with E-state index in [0.29, 0.717) is 23.8 Å². The first-order valence-electron chi connectivity index (χ1n) is 14.3. The quantitative estimate of drug-likeness (QED) is 0.108. The van der Waals surface area contributed by atoms with Crippen molar-refractivity contribution in [3.05, 3.63) is 58.9 Å². The van der Waals surface area contributed by atoms with Crippen LogP contribution in [0.3, 0.4) is 0 Å². The highest BCUT2D eigenvalue weighted by molar-refractivity contribution is 9.10. The summed E-state index contributed by atoms with van der Waals surface area (Å²) in [5.41, 5.74) is 0.479. The van der Waals surface area contributed by atoms with Crippen LogP contribution in [0, 0.1) is 12.3 Å². The number of rotatable bonds is 17. The molecule has 4 nitrogen and oxygen atoms in total. The van der Waals surface area contributed by atoms with Gasteiger partial charge in [-0.2, -0.15) is 0 Å². The maximum Gasteiger partial charge on any atom is 0.343 e. The van der Waals surface area contributed by atoms with Crippen molar-refractivity contribution in [2.75, 3.05) is 13.2 Å². The molecule has 1 aliphatic carbocycles. The van der Waals surface area contributed by atoms with Crippen LogP contribution in [0.4, 0.5) is 0 Å². The van der Waals surface area contributed by atoms with Gasteiger partial charge in [0.1, 0.15) is 17.2 Å². The Morgan fingerprint density at radius 1 is 0.811 bits per heavy atom. The Kier molecular flexibility index (Phi) is 14.0. The lowest BCUT2D eigenvalue weighted by molar-refractivity contribution is 0.0734. The molecule has 0 atom stereocenters. The lowest BCUT2D eigenvalue weighted by Gasteiger charge is -2.21. The molecule has 1 aliphatic rings. The Morgan fingerprint density at radius 2 is 1.43 bits per heavy atom. The number of unbranched alkanes of at least 4 members (excludes halogenated alkanes) is 9. The summed E-state index contributed by atoms with van der Waals surface area (Å²) in [5, 5.41) is 0. The van der Waals surface area contributed by atoms with Crippen LogP contribution in [0.1, 0.15) is 107 Å². The predicted molar refractivity (Wildman–Crippen MR) is 155 cm³/mol. The van der Waals surface area contributed by atoms with Crippen molar-refractivity contribution in [1.82, 2.24) is 0 Å². The Balaban J connectivity index is 1.32. The zero-order chi connectivity index (χ0) is 26.1. The number of carbonyl (C=O) groups excluding carboxylic acids is 1. The van der Waals surface area contributed by atoms with E-state index in [1.807, 2.05) is 18.2 Å². The summed E-state index contributed by atoms with van der Waals surface area (Å²) in [6, 6.07) is 12.6. The fourth-order valence-corrected chi connectivity index (χ4v) is 5.16. The van der Waals surface area contributed by atoms with Gasteiger partial charge in [-0.3, -0.25) is 0 Å². The number of hydrogen-bond donors (Lipinski definition) is 0. The SMILES string of the molecule is CCCCCCCCCCCCOc1ccc(C(=O)Oc2ccc(OCC3CC[CH]CC3)cc2)cc1Br. The zero-order valence-electron chi connectivity index (χ0n) is 22.5. The van der Waals surface area contributed by atoms with Crippen LogP contribution in [0.2, 0.25) is 0 Å². The van der Waals surface area contributed by atoms with E-state index < -0.39 is 5.97 Å². The van der Waals surface area contributed by atoms with Crippen LogP contribution in [0.25, 0.3) is 0 Å². The number of hydrogen-bond acceptors (Lipinski definition) is 4. The Morgan fingerprint density at radius 3 is 2.08 bits per heavy atom. The highest BCUT2D eigenvalue weighted by atomic mass is 79.9. The van der Waals surface area contributed by atoms with Gasteiger partial charge < -0.3 is 14.2 Å². The fourth-order valence-electron chi connectivity index (χ4n) is 4.66.